The van der Waals surface area contributed by atoms with Crippen molar-refractivity contribution in [1.29, 1.82) is 5.26 Å². The Morgan fingerprint density at radius 3 is 2.81 bits per heavy atom. The number of nitrogens with zero attached hydrogens (tertiary/aromatic N) is 4. The molecule has 0 saturated heterocycles. The van der Waals surface area contributed by atoms with Crippen LogP contribution < -0.4 is 5.56 Å². The van der Waals surface area contributed by atoms with Gasteiger partial charge in [-0.25, -0.2) is 4.68 Å². The lowest BCUT2D eigenvalue weighted by atomic mass is 9.99. The van der Waals surface area contributed by atoms with Crippen molar-refractivity contribution in [3.8, 4) is 17.2 Å². The zero-order valence-corrected chi connectivity index (χ0v) is 17.7. The molecule has 0 spiro atoms. The molecule has 0 atom stereocenters. The highest BCUT2D eigenvalue weighted by atomic mass is 32.1. The average molecular weight is 423 g/mol. The summed E-state index contributed by atoms with van der Waals surface area (Å²) < 4.78 is 2.39. The van der Waals surface area contributed by atoms with Gasteiger partial charge < -0.3 is 0 Å². The molecule has 0 aliphatic heterocycles. The number of para-hydroxylation sites is 1. The summed E-state index contributed by atoms with van der Waals surface area (Å²) in [5.41, 5.74) is 5.24. The monoisotopic (exact) mass is 422 g/mol. The minimum atomic E-state index is -0.0988. The smallest absolute Gasteiger partial charge is 0.267 e. The molecule has 150 valence electrons. The second-order valence-electron chi connectivity index (χ2n) is 7.45. The van der Waals surface area contributed by atoms with Gasteiger partial charge in [0.2, 0.25) is 0 Å². The van der Waals surface area contributed by atoms with E-state index in [0.29, 0.717) is 23.9 Å². The van der Waals surface area contributed by atoms with E-state index in [2.05, 4.69) is 17.2 Å². The van der Waals surface area contributed by atoms with Crippen LogP contribution in [0.1, 0.15) is 16.8 Å². The van der Waals surface area contributed by atoms with Crippen molar-refractivity contribution in [1.82, 2.24) is 14.8 Å². The van der Waals surface area contributed by atoms with Gasteiger partial charge in [-0.3, -0.25) is 9.78 Å². The van der Waals surface area contributed by atoms with Gasteiger partial charge in [0, 0.05) is 28.4 Å². The van der Waals surface area contributed by atoms with Crippen LogP contribution in [0.3, 0.4) is 0 Å². The third-order valence-electron chi connectivity index (χ3n) is 5.46. The van der Waals surface area contributed by atoms with Crippen LogP contribution in [0.15, 0.2) is 71.0 Å². The molecule has 0 aliphatic rings. The Kier molecular flexibility index (Phi) is 4.81. The van der Waals surface area contributed by atoms with Crippen LogP contribution in [0.2, 0.25) is 0 Å². The zero-order valence-electron chi connectivity index (χ0n) is 16.9. The lowest BCUT2D eigenvalue weighted by Gasteiger charge is -2.08. The number of hydrogen-bond donors (Lipinski definition) is 0. The highest BCUT2D eigenvalue weighted by molar-refractivity contribution is 7.17. The van der Waals surface area contributed by atoms with E-state index in [0.717, 1.165) is 38.0 Å². The van der Waals surface area contributed by atoms with E-state index >= 15 is 0 Å². The van der Waals surface area contributed by atoms with Crippen LogP contribution in [-0.2, 0) is 13.0 Å². The first-order chi connectivity index (χ1) is 15.1. The largest absolute Gasteiger partial charge is 0.276 e. The van der Waals surface area contributed by atoms with Gasteiger partial charge in [0.05, 0.1) is 40.0 Å². The van der Waals surface area contributed by atoms with Crippen molar-refractivity contribution in [2.24, 2.45) is 0 Å². The molecule has 0 aliphatic carbocycles. The molecule has 6 heteroatoms. The SMILES string of the molecule is Cc1cc(C#N)ccc1-c1csc2cnn(CCc3ccc4ccccc4n3)c(=O)c12. The normalized spacial score (nSPS) is 11.1. The van der Waals surface area contributed by atoms with Crippen LogP contribution in [0, 0.1) is 18.3 Å². The summed E-state index contributed by atoms with van der Waals surface area (Å²) in [7, 11) is 0. The molecule has 31 heavy (non-hydrogen) atoms. The van der Waals surface area contributed by atoms with E-state index < -0.39 is 0 Å². The second-order valence-corrected chi connectivity index (χ2v) is 8.36. The highest BCUT2D eigenvalue weighted by Gasteiger charge is 2.15. The Morgan fingerprint density at radius 1 is 1.10 bits per heavy atom. The standard InChI is InChI=1S/C25H18N4OS/c1-16-12-17(13-26)6-9-20(16)21-15-31-23-14-27-29(25(30)24(21)23)11-10-19-8-7-18-4-2-3-5-22(18)28-19/h2-9,12,14-15H,10-11H2,1H3. The molecule has 0 unspecified atom stereocenters. The molecule has 5 aromatic rings. The molecule has 3 aromatic heterocycles. The fourth-order valence-electron chi connectivity index (χ4n) is 3.85. The van der Waals surface area contributed by atoms with Crippen LogP contribution in [0.4, 0.5) is 0 Å². The average Bonchev–Trinajstić information content (AvgIpc) is 3.23. The number of pyridine rings is 1. The number of hydrogen-bond acceptors (Lipinski definition) is 5. The molecule has 0 radical (unpaired) electrons. The fourth-order valence-corrected chi connectivity index (χ4v) is 4.77. The van der Waals surface area contributed by atoms with Crippen LogP contribution >= 0.6 is 11.3 Å². The number of rotatable bonds is 4. The van der Waals surface area contributed by atoms with Gasteiger partial charge in [-0.15, -0.1) is 11.3 Å². The summed E-state index contributed by atoms with van der Waals surface area (Å²) in [6, 6.07) is 19.8. The minimum Gasteiger partial charge on any atom is -0.267 e. The highest BCUT2D eigenvalue weighted by Crippen LogP contribution is 2.33. The van der Waals surface area contributed by atoms with Crippen molar-refractivity contribution in [3.63, 3.8) is 0 Å². The van der Waals surface area contributed by atoms with E-state index in [4.69, 9.17) is 10.2 Å². The van der Waals surface area contributed by atoms with E-state index in [1.807, 2.05) is 54.8 Å². The predicted molar refractivity (Wildman–Crippen MR) is 124 cm³/mol. The van der Waals surface area contributed by atoms with Gasteiger partial charge in [0.25, 0.3) is 5.56 Å². The van der Waals surface area contributed by atoms with Gasteiger partial charge >= 0.3 is 0 Å². The molecule has 5 nitrogen and oxygen atoms in total. The van der Waals surface area contributed by atoms with Crippen molar-refractivity contribution in [2.45, 2.75) is 19.9 Å². The van der Waals surface area contributed by atoms with Crippen molar-refractivity contribution >= 4 is 32.3 Å². The first kappa shape index (κ1) is 19.2. The van der Waals surface area contributed by atoms with Gasteiger partial charge in [0.1, 0.15) is 0 Å². The minimum absolute atomic E-state index is 0.0988. The van der Waals surface area contributed by atoms with Gasteiger partial charge in [-0.05, 0) is 42.3 Å². The summed E-state index contributed by atoms with van der Waals surface area (Å²) in [6.45, 7) is 2.42. The number of fused-ring (bicyclic) bond motifs is 2. The molecule has 0 amide bonds. The van der Waals surface area contributed by atoms with E-state index in [9.17, 15) is 4.79 Å². The molecule has 3 heterocycles. The molecule has 0 N–H and O–H groups in total. The van der Waals surface area contributed by atoms with Gasteiger partial charge in [-0.2, -0.15) is 10.4 Å². The van der Waals surface area contributed by atoms with E-state index in [1.54, 1.807) is 12.3 Å². The Labute approximate surface area is 182 Å². The van der Waals surface area contributed by atoms with Crippen LogP contribution in [0.25, 0.3) is 32.1 Å². The molecule has 0 bridgehead atoms. The first-order valence-electron chi connectivity index (χ1n) is 9.97. The third-order valence-corrected chi connectivity index (χ3v) is 6.38. The number of aromatic nitrogens is 3. The van der Waals surface area contributed by atoms with Gasteiger partial charge in [0.15, 0.2) is 0 Å². The van der Waals surface area contributed by atoms with Crippen molar-refractivity contribution in [2.75, 3.05) is 0 Å². The fraction of sp³-hybridized carbons (Fsp3) is 0.120. The third kappa shape index (κ3) is 3.49. The Hall–Kier alpha value is -3.82. The molecular formula is C25H18N4OS. The lowest BCUT2D eigenvalue weighted by Crippen LogP contribution is -2.23. The predicted octanol–water partition coefficient (Wildman–Crippen LogP) is 5.10. The molecule has 5 rings (SSSR count). The summed E-state index contributed by atoms with van der Waals surface area (Å²) in [4.78, 5) is 18.0. The molecule has 0 fully saturated rings. The summed E-state index contributed by atoms with van der Waals surface area (Å²) >= 11 is 1.51. The second kappa shape index (κ2) is 7.78. The summed E-state index contributed by atoms with van der Waals surface area (Å²) in [5.74, 6) is 0. The molecule has 0 saturated carbocycles. The number of nitriles is 1. The van der Waals surface area contributed by atoms with Crippen molar-refractivity contribution in [3.05, 3.63) is 93.3 Å². The topological polar surface area (TPSA) is 71.6 Å². The molecule has 2 aromatic carbocycles. The van der Waals surface area contributed by atoms with E-state index in [1.165, 1.54) is 16.0 Å². The quantitative estimate of drug-likeness (QED) is 0.404. The van der Waals surface area contributed by atoms with Crippen LogP contribution in [-0.4, -0.2) is 14.8 Å². The Bertz CT molecular complexity index is 1540. The zero-order chi connectivity index (χ0) is 21.4. The maximum Gasteiger partial charge on any atom is 0.276 e. The summed E-state index contributed by atoms with van der Waals surface area (Å²) in [6.07, 6.45) is 2.39. The maximum atomic E-state index is 13.3. The number of aryl methyl sites for hydroxylation is 3. The molecular weight excluding hydrogens is 404 g/mol. The van der Waals surface area contributed by atoms with E-state index in [-0.39, 0.29) is 5.56 Å². The number of thiophene rings is 1. The maximum absolute atomic E-state index is 13.3. The van der Waals surface area contributed by atoms with Gasteiger partial charge in [-0.1, -0.05) is 30.3 Å². The lowest BCUT2D eigenvalue weighted by molar-refractivity contribution is 0.580. The first-order valence-corrected chi connectivity index (χ1v) is 10.8. The van der Waals surface area contributed by atoms with Crippen LogP contribution in [0.5, 0.6) is 0 Å². The number of benzene rings is 2. The Morgan fingerprint density at radius 2 is 1.97 bits per heavy atom. The summed E-state index contributed by atoms with van der Waals surface area (Å²) in [5, 5.41) is 17.3. The van der Waals surface area contributed by atoms with Crippen molar-refractivity contribution < 1.29 is 0 Å². The Balaban J connectivity index is 1.50.